The SMILES string of the molecule is CCCCNC(=O)[C@@H](Cc1ccccc1)N(Cc1ccc(C)cc1)C(=O)CN(c1cc([N+](=O)[O-])ccc1C)S(C)(=O)=O. The van der Waals surface area contributed by atoms with Gasteiger partial charge >= 0.3 is 0 Å². The summed E-state index contributed by atoms with van der Waals surface area (Å²) in [6, 6.07) is 19.8. The predicted octanol–water partition coefficient (Wildman–Crippen LogP) is 4.53. The van der Waals surface area contributed by atoms with E-state index in [0.29, 0.717) is 12.1 Å². The minimum Gasteiger partial charge on any atom is -0.354 e. The standard InChI is InChI=1S/C31H38N4O6S/c1-5-6-18-32-31(37)29(19-25-10-8-7-9-11-25)33(21-26-15-12-23(2)13-16-26)30(36)22-34(42(4,40)41)28-20-27(35(38)39)17-14-24(28)3/h7-17,20,29H,5-6,18-19,21-22H2,1-4H3,(H,32,37)/t29-/m1/s1. The molecule has 0 heterocycles. The van der Waals surface area contributed by atoms with Crippen LogP contribution in [0.25, 0.3) is 0 Å². The van der Waals surface area contributed by atoms with Gasteiger partial charge in [-0.1, -0.05) is 79.6 Å². The Morgan fingerprint density at radius 2 is 1.64 bits per heavy atom. The summed E-state index contributed by atoms with van der Waals surface area (Å²) in [5.41, 5.74) is 2.81. The molecule has 0 radical (unpaired) electrons. The van der Waals surface area contributed by atoms with E-state index in [1.165, 1.54) is 17.0 Å². The molecule has 0 aliphatic rings. The Labute approximate surface area is 247 Å². The molecule has 1 atom stereocenters. The van der Waals surface area contributed by atoms with Crippen LogP contribution >= 0.6 is 0 Å². The monoisotopic (exact) mass is 594 g/mol. The summed E-state index contributed by atoms with van der Waals surface area (Å²) in [5, 5.41) is 14.4. The van der Waals surface area contributed by atoms with Gasteiger partial charge in [-0.25, -0.2) is 8.42 Å². The normalized spacial score (nSPS) is 11.9. The first-order valence-corrected chi connectivity index (χ1v) is 15.6. The molecule has 0 saturated carbocycles. The summed E-state index contributed by atoms with van der Waals surface area (Å²) in [7, 11) is -4.05. The number of non-ortho nitro benzene ring substituents is 1. The van der Waals surface area contributed by atoms with Crippen molar-refractivity contribution >= 4 is 33.2 Å². The van der Waals surface area contributed by atoms with E-state index in [1.54, 1.807) is 6.92 Å². The van der Waals surface area contributed by atoms with Crippen LogP contribution in [0, 0.1) is 24.0 Å². The maximum Gasteiger partial charge on any atom is 0.271 e. The second-order valence-corrected chi connectivity index (χ2v) is 12.3. The number of nitrogens with zero attached hydrogens (tertiary/aromatic N) is 3. The molecule has 3 aromatic carbocycles. The molecule has 10 nitrogen and oxygen atoms in total. The second kappa shape index (κ2) is 14.6. The van der Waals surface area contributed by atoms with E-state index in [-0.39, 0.29) is 30.2 Å². The van der Waals surface area contributed by atoms with E-state index in [4.69, 9.17) is 0 Å². The highest BCUT2D eigenvalue weighted by Gasteiger charge is 2.33. The average molecular weight is 595 g/mol. The Hall–Kier alpha value is -4.25. The van der Waals surface area contributed by atoms with Crippen molar-refractivity contribution in [1.82, 2.24) is 10.2 Å². The summed E-state index contributed by atoms with van der Waals surface area (Å²) in [6.07, 6.45) is 2.80. The van der Waals surface area contributed by atoms with Gasteiger partial charge in [0.1, 0.15) is 12.6 Å². The lowest BCUT2D eigenvalue weighted by molar-refractivity contribution is -0.384. The minimum absolute atomic E-state index is 0.0299. The van der Waals surface area contributed by atoms with Crippen LogP contribution in [-0.4, -0.2) is 55.4 Å². The number of amides is 2. The van der Waals surface area contributed by atoms with Crippen molar-refractivity contribution in [1.29, 1.82) is 0 Å². The number of carbonyl (C=O) groups excluding carboxylic acids is 2. The van der Waals surface area contributed by atoms with E-state index in [9.17, 15) is 28.1 Å². The lowest BCUT2D eigenvalue weighted by Gasteiger charge is -2.33. The molecule has 3 rings (SSSR count). The molecule has 3 aromatic rings. The summed E-state index contributed by atoms with van der Waals surface area (Å²) in [6.45, 7) is 5.43. The van der Waals surface area contributed by atoms with Crippen molar-refractivity contribution in [3.8, 4) is 0 Å². The van der Waals surface area contributed by atoms with Gasteiger partial charge in [-0.2, -0.15) is 0 Å². The van der Waals surface area contributed by atoms with Crippen LogP contribution in [0.2, 0.25) is 0 Å². The quantitative estimate of drug-likeness (QED) is 0.166. The number of nitro groups is 1. The fraction of sp³-hybridized carbons (Fsp3) is 0.355. The molecule has 0 aromatic heterocycles. The van der Waals surface area contributed by atoms with Gasteiger partial charge in [-0.15, -0.1) is 0 Å². The highest BCUT2D eigenvalue weighted by molar-refractivity contribution is 7.92. The van der Waals surface area contributed by atoms with Crippen LogP contribution in [0.4, 0.5) is 11.4 Å². The van der Waals surface area contributed by atoms with Crippen molar-refractivity contribution in [2.24, 2.45) is 0 Å². The van der Waals surface area contributed by atoms with Crippen LogP contribution in [0.1, 0.15) is 42.0 Å². The van der Waals surface area contributed by atoms with Gasteiger partial charge in [-0.05, 0) is 37.0 Å². The first-order valence-electron chi connectivity index (χ1n) is 13.8. The summed E-state index contributed by atoms with van der Waals surface area (Å²) in [5.74, 6) is -0.955. The van der Waals surface area contributed by atoms with Crippen LogP contribution in [0.15, 0.2) is 72.8 Å². The van der Waals surface area contributed by atoms with Crippen molar-refractivity contribution in [2.75, 3.05) is 23.7 Å². The molecule has 0 bridgehead atoms. The lowest BCUT2D eigenvalue weighted by Crippen LogP contribution is -2.53. The third-order valence-electron chi connectivity index (χ3n) is 6.93. The molecule has 0 saturated heterocycles. The fourth-order valence-corrected chi connectivity index (χ4v) is 5.42. The molecule has 11 heteroatoms. The highest BCUT2D eigenvalue weighted by atomic mass is 32.2. The molecule has 1 N–H and O–H groups in total. The van der Waals surface area contributed by atoms with Crippen molar-refractivity contribution in [2.45, 2.75) is 52.6 Å². The summed E-state index contributed by atoms with van der Waals surface area (Å²) < 4.78 is 26.9. The zero-order chi connectivity index (χ0) is 30.9. The number of unbranched alkanes of at least 4 members (excludes halogenated alkanes) is 1. The number of hydrogen-bond donors (Lipinski definition) is 1. The number of anilines is 1. The van der Waals surface area contributed by atoms with Gasteiger partial charge in [-0.3, -0.25) is 24.0 Å². The molecule has 0 aliphatic heterocycles. The number of nitro benzene ring substituents is 1. The van der Waals surface area contributed by atoms with Crippen LogP contribution in [0.3, 0.4) is 0 Å². The third kappa shape index (κ3) is 8.87. The van der Waals surface area contributed by atoms with Gasteiger partial charge in [0, 0.05) is 31.6 Å². The molecular weight excluding hydrogens is 556 g/mol. The van der Waals surface area contributed by atoms with Gasteiger partial charge in [0.15, 0.2) is 0 Å². The van der Waals surface area contributed by atoms with Gasteiger partial charge in [0.2, 0.25) is 21.8 Å². The highest BCUT2D eigenvalue weighted by Crippen LogP contribution is 2.28. The molecule has 2 amide bonds. The van der Waals surface area contributed by atoms with Crippen molar-refractivity contribution < 1.29 is 22.9 Å². The molecule has 0 aliphatic carbocycles. The smallest absolute Gasteiger partial charge is 0.271 e. The zero-order valence-corrected chi connectivity index (χ0v) is 25.3. The summed E-state index contributed by atoms with van der Waals surface area (Å²) in [4.78, 5) is 40.0. The lowest BCUT2D eigenvalue weighted by atomic mass is 10.0. The number of nitrogens with one attached hydrogen (secondary N) is 1. The van der Waals surface area contributed by atoms with E-state index >= 15 is 0 Å². The zero-order valence-electron chi connectivity index (χ0n) is 24.4. The van der Waals surface area contributed by atoms with Gasteiger partial charge < -0.3 is 10.2 Å². The maximum atomic E-state index is 14.1. The maximum absolute atomic E-state index is 14.1. The Bertz CT molecular complexity index is 1490. The second-order valence-electron chi connectivity index (χ2n) is 10.4. The van der Waals surface area contributed by atoms with Crippen LogP contribution in [-0.2, 0) is 32.6 Å². The summed E-state index contributed by atoms with van der Waals surface area (Å²) >= 11 is 0. The first kappa shape index (κ1) is 32.3. The molecule has 0 unspecified atom stereocenters. The van der Waals surface area contributed by atoms with Crippen LogP contribution < -0.4 is 9.62 Å². The van der Waals surface area contributed by atoms with Gasteiger partial charge in [0.05, 0.1) is 16.9 Å². The molecular formula is C31H38N4O6S. The number of hydrogen-bond acceptors (Lipinski definition) is 6. The largest absolute Gasteiger partial charge is 0.354 e. The molecule has 224 valence electrons. The van der Waals surface area contributed by atoms with E-state index in [0.717, 1.165) is 46.2 Å². The topological polar surface area (TPSA) is 130 Å². The van der Waals surface area contributed by atoms with E-state index in [1.807, 2.05) is 68.4 Å². The van der Waals surface area contributed by atoms with Crippen LogP contribution in [0.5, 0.6) is 0 Å². The third-order valence-corrected chi connectivity index (χ3v) is 8.05. The Balaban J connectivity index is 2.08. The van der Waals surface area contributed by atoms with E-state index < -0.39 is 33.4 Å². The Kier molecular flexibility index (Phi) is 11.2. The molecule has 0 fully saturated rings. The molecule has 0 spiro atoms. The average Bonchev–Trinajstić information content (AvgIpc) is 2.95. The Morgan fingerprint density at radius 1 is 0.976 bits per heavy atom. The van der Waals surface area contributed by atoms with Crippen molar-refractivity contribution in [3.63, 3.8) is 0 Å². The minimum atomic E-state index is -4.05. The Morgan fingerprint density at radius 3 is 2.24 bits per heavy atom. The number of rotatable bonds is 14. The predicted molar refractivity (Wildman–Crippen MR) is 164 cm³/mol. The molecule has 42 heavy (non-hydrogen) atoms. The first-order chi connectivity index (χ1) is 19.9. The van der Waals surface area contributed by atoms with E-state index in [2.05, 4.69) is 5.32 Å². The fourth-order valence-electron chi connectivity index (χ4n) is 4.53. The number of sulfonamides is 1. The van der Waals surface area contributed by atoms with Crippen molar-refractivity contribution in [3.05, 3.63) is 105 Å². The number of carbonyl (C=O) groups is 2. The van der Waals surface area contributed by atoms with Gasteiger partial charge in [0.25, 0.3) is 5.69 Å². The number of benzene rings is 3. The number of aryl methyl sites for hydroxylation is 2.